The third-order valence-electron chi connectivity index (χ3n) is 3.36. The van der Waals surface area contributed by atoms with E-state index in [2.05, 4.69) is 10.6 Å². The predicted octanol–water partition coefficient (Wildman–Crippen LogP) is 4.49. The van der Waals surface area contributed by atoms with Crippen LogP contribution in [0.1, 0.15) is 10.4 Å². The molecular formula is C15H8F2N2OS. The van der Waals surface area contributed by atoms with Gasteiger partial charge in [0, 0.05) is 10.1 Å². The summed E-state index contributed by atoms with van der Waals surface area (Å²) in [4.78, 5) is 12.4. The molecule has 0 fully saturated rings. The van der Waals surface area contributed by atoms with Gasteiger partial charge in [0.2, 0.25) is 0 Å². The number of fused-ring (bicyclic) bond motifs is 4. The molecule has 4 rings (SSSR count). The number of benzene rings is 2. The molecule has 3 aromatic rings. The highest BCUT2D eigenvalue weighted by atomic mass is 32.1. The van der Waals surface area contributed by atoms with E-state index in [-0.39, 0.29) is 11.7 Å². The number of halogens is 2. The van der Waals surface area contributed by atoms with Gasteiger partial charge in [-0.15, -0.1) is 11.3 Å². The molecule has 3 nitrogen and oxygen atoms in total. The molecule has 2 N–H and O–H groups in total. The number of carbonyl (C=O) groups is 1. The Balaban J connectivity index is 1.97. The van der Waals surface area contributed by atoms with Crippen molar-refractivity contribution in [3.8, 4) is 0 Å². The Labute approximate surface area is 122 Å². The highest BCUT2D eigenvalue weighted by molar-refractivity contribution is 7.23. The zero-order valence-electron chi connectivity index (χ0n) is 10.5. The quantitative estimate of drug-likeness (QED) is 0.642. The maximum atomic E-state index is 13.4. The van der Waals surface area contributed by atoms with Gasteiger partial charge in [-0.1, -0.05) is 0 Å². The summed E-state index contributed by atoms with van der Waals surface area (Å²) in [6, 6.07) is 8.39. The average molecular weight is 302 g/mol. The second-order valence-electron chi connectivity index (χ2n) is 4.72. The van der Waals surface area contributed by atoms with Crippen LogP contribution in [0.4, 0.5) is 25.2 Å². The van der Waals surface area contributed by atoms with E-state index in [0.717, 1.165) is 0 Å². The average Bonchev–Trinajstić information content (AvgIpc) is 2.72. The van der Waals surface area contributed by atoms with Crippen LogP contribution in [0.5, 0.6) is 0 Å². The van der Waals surface area contributed by atoms with E-state index >= 15 is 0 Å². The summed E-state index contributed by atoms with van der Waals surface area (Å²) < 4.78 is 27.3. The summed E-state index contributed by atoms with van der Waals surface area (Å²) >= 11 is 1.27. The van der Waals surface area contributed by atoms with Crippen molar-refractivity contribution in [2.45, 2.75) is 0 Å². The summed E-state index contributed by atoms with van der Waals surface area (Å²) in [6.45, 7) is 0. The van der Waals surface area contributed by atoms with E-state index in [9.17, 15) is 13.6 Å². The van der Waals surface area contributed by atoms with E-state index in [1.807, 2.05) is 0 Å². The van der Waals surface area contributed by atoms with E-state index in [0.29, 0.717) is 32.0 Å². The highest BCUT2D eigenvalue weighted by Crippen LogP contribution is 2.41. The van der Waals surface area contributed by atoms with Crippen LogP contribution in [-0.2, 0) is 0 Å². The summed E-state index contributed by atoms with van der Waals surface area (Å²) in [5, 5.41) is 7.06. The maximum absolute atomic E-state index is 13.4. The summed E-state index contributed by atoms with van der Waals surface area (Å²) in [6.07, 6.45) is 0. The number of anilines is 3. The van der Waals surface area contributed by atoms with Gasteiger partial charge in [-0.25, -0.2) is 8.78 Å². The van der Waals surface area contributed by atoms with Crippen molar-refractivity contribution < 1.29 is 13.6 Å². The van der Waals surface area contributed by atoms with Crippen LogP contribution in [0.3, 0.4) is 0 Å². The molecule has 0 aliphatic carbocycles. The van der Waals surface area contributed by atoms with Gasteiger partial charge in [0.15, 0.2) is 0 Å². The largest absolute Gasteiger partial charge is 0.345 e. The lowest BCUT2D eigenvalue weighted by Gasteiger charge is -2.07. The Morgan fingerprint density at radius 1 is 0.905 bits per heavy atom. The fourth-order valence-corrected chi connectivity index (χ4v) is 3.56. The van der Waals surface area contributed by atoms with Crippen molar-refractivity contribution in [1.82, 2.24) is 0 Å². The fraction of sp³-hybridized carbons (Fsp3) is 0. The molecule has 0 bridgehead atoms. The second-order valence-corrected chi connectivity index (χ2v) is 5.77. The SMILES string of the molecule is O=C1Nc2ccc(F)cc2Nc2sc3cc(F)ccc3c21. The number of amides is 1. The van der Waals surface area contributed by atoms with Crippen molar-refractivity contribution in [2.24, 2.45) is 0 Å². The molecular weight excluding hydrogens is 294 g/mol. The van der Waals surface area contributed by atoms with Crippen molar-refractivity contribution in [3.63, 3.8) is 0 Å². The normalized spacial score (nSPS) is 13.1. The lowest BCUT2D eigenvalue weighted by molar-refractivity contribution is 0.103. The molecule has 1 aliphatic rings. The van der Waals surface area contributed by atoms with Crippen LogP contribution >= 0.6 is 11.3 Å². The zero-order chi connectivity index (χ0) is 14.6. The lowest BCUT2D eigenvalue weighted by atomic mass is 10.1. The first kappa shape index (κ1) is 12.3. The molecule has 104 valence electrons. The number of carbonyl (C=O) groups excluding carboxylic acids is 1. The zero-order valence-corrected chi connectivity index (χ0v) is 11.4. The van der Waals surface area contributed by atoms with Crippen LogP contribution in [0.2, 0.25) is 0 Å². The molecule has 1 aromatic heterocycles. The molecule has 2 aromatic carbocycles. The summed E-state index contributed by atoms with van der Waals surface area (Å²) in [7, 11) is 0. The van der Waals surface area contributed by atoms with Gasteiger partial charge in [0.05, 0.1) is 16.9 Å². The Kier molecular flexibility index (Phi) is 2.49. The van der Waals surface area contributed by atoms with E-state index in [4.69, 9.17) is 0 Å². The molecule has 0 radical (unpaired) electrons. The first-order valence-electron chi connectivity index (χ1n) is 6.22. The number of nitrogens with one attached hydrogen (secondary N) is 2. The third kappa shape index (κ3) is 1.87. The minimum absolute atomic E-state index is 0.291. The summed E-state index contributed by atoms with van der Waals surface area (Å²) in [5.41, 5.74) is 1.45. The lowest BCUT2D eigenvalue weighted by Crippen LogP contribution is -2.10. The Hall–Kier alpha value is -2.47. The molecule has 1 amide bonds. The minimum atomic E-state index is -0.397. The molecule has 0 unspecified atom stereocenters. The molecule has 1 aliphatic heterocycles. The van der Waals surface area contributed by atoms with Gasteiger partial charge in [0.1, 0.15) is 16.6 Å². The van der Waals surface area contributed by atoms with E-state index < -0.39 is 5.82 Å². The smallest absolute Gasteiger partial charge is 0.259 e. The Morgan fingerprint density at radius 2 is 1.67 bits per heavy atom. The molecule has 2 heterocycles. The Morgan fingerprint density at radius 3 is 2.52 bits per heavy atom. The summed E-state index contributed by atoms with van der Waals surface area (Å²) in [5.74, 6) is -1.04. The van der Waals surface area contributed by atoms with Crippen molar-refractivity contribution in [1.29, 1.82) is 0 Å². The van der Waals surface area contributed by atoms with Crippen LogP contribution in [0, 0.1) is 11.6 Å². The molecule has 0 saturated carbocycles. The number of rotatable bonds is 0. The Bertz CT molecular complexity index is 904. The van der Waals surface area contributed by atoms with Crippen molar-refractivity contribution in [2.75, 3.05) is 10.6 Å². The van der Waals surface area contributed by atoms with Gasteiger partial charge in [-0.3, -0.25) is 4.79 Å². The van der Waals surface area contributed by atoms with Crippen LogP contribution in [-0.4, -0.2) is 5.91 Å². The number of hydrogen-bond acceptors (Lipinski definition) is 3. The van der Waals surface area contributed by atoms with E-state index in [1.54, 1.807) is 6.07 Å². The van der Waals surface area contributed by atoms with Gasteiger partial charge in [-0.2, -0.15) is 0 Å². The van der Waals surface area contributed by atoms with Gasteiger partial charge in [0.25, 0.3) is 5.91 Å². The van der Waals surface area contributed by atoms with Crippen LogP contribution < -0.4 is 10.6 Å². The first-order chi connectivity index (χ1) is 10.1. The first-order valence-corrected chi connectivity index (χ1v) is 7.03. The van der Waals surface area contributed by atoms with Crippen molar-refractivity contribution >= 4 is 43.7 Å². The minimum Gasteiger partial charge on any atom is -0.345 e. The highest BCUT2D eigenvalue weighted by Gasteiger charge is 2.24. The molecule has 0 spiro atoms. The molecule has 0 atom stereocenters. The van der Waals surface area contributed by atoms with Crippen molar-refractivity contribution in [3.05, 3.63) is 53.6 Å². The third-order valence-corrected chi connectivity index (χ3v) is 4.43. The van der Waals surface area contributed by atoms with Gasteiger partial charge in [-0.05, 0) is 36.4 Å². The maximum Gasteiger partial charge on any atom is 0.259 e. The molecule has 6 heteroatoms. The van der Waals surface area contributed by atoms with E-state index in [1.165, 1.54) is 41.7 Å². The predicted molar refractivity (Wildman–Crippen MR) is 79.4 cm³/mol. The van der Waals surface area contributed by atoms with Crippen LogP contribution in [0.25, 0.3) is 10.1 Å². The van der Waals surface area contributed by atoms with Gasteiger partial charge >= 0.3 is 0 Å². The monoisotopic (exact) mass is 302 g/mol. The number of thiophene rings is 1. The second kappa shape index (κ2) is 4.26. The number of hydrogen-bond donors (Lipinski definition) is 2. The van der Waals surface area contributed by atoms with Gasteiger partial charge < -0.3 is 10.6 Å². The standard InChI is InChI=1S/C15H8F2N2OS/c16-7-2-4-10-11(5-7)19-15-13(14(20)18-10)9-3-1-8(17)6-12(9)21-15/h1-6,19H,(H,18,20). The molecule has 21 heavy (non-hydrogen) atoms. The molecule has 0 saturated heterocycles. The fourth-order valence-electron chi connectivity index (χ4n) is 2.42. The topological polar surface area (TPSA) is 41.1 Å². The van der Waals surface area contributed by atoms with Crippen LogP contribution in [0.15, 0.2) is 36.4 Å².